The number of rotatable bonds is 5. The van der Waals surface area contributed by atoms with E-state index >= 15 is 0 Å². The van der Waals surface area contributed by atoms with Crippen molar-refractivity contribution in [2.24, 2.45) is 0 Å². The average Bonchev–Trinajstić information content (AvgIpc) is 2.71. The van der Waals surface area contributed by atoms with Crippen molar-refractivity contribution in [3.8, 4) is 0 Å². The maximum atomic E-state index is 10.7. The number of fused-ring (bicyclic) bond motifs is 1. The second-order valence-electron chi connectivity index (χ2n) is 4.16. The Bertz CT molecular complexity index is 624. The number of hydrogen-bond donors (Lipinski definition) is 4. The smallest absolute Gasteiger partial charge is 0.325 e. The van der Waals surface area contributed by atoms with Crippen LogP contribution < -0.4 is 5.73 Å². The van der Waals surface area contributed by atoms with Gasteiger partial charge in [0.25, 0.3) is 0 Å². The molecule has 5 N–H and O–H groups in total. The molecule has 0 amide bonds. The summed E-state index contributed by atoms with van der Waals surface area (Å²) in [5.41, 5.74) is 6.53. The molecular weight excluding hydrogens is 273 g/mol. The summed E-state index contributed by atoms with van der Waals surface area (Å²) < 4.78 is 12.3. The monoisotopic (exact) mass is 287 g/mol. The van der Waals surface area contributed by atoms with Gasteiger partial charge in [0.2, 0.25) is 0 Å². The first-order valence-electron chi connectivity index (χ1n) is 5.51. The molecule has 0 aliphatic carbocycles. The summed E-state index contributed by atoms with van der Waals surface area (Å²) in [6.07, 6.45) is 1.47. The zero-order valence-corrected chi connectivity index (χ0v) is 10.8. The largest absolute Gasteiger partial charge is 0.391 e. The normalized spacial score (nSPS) is 13.8. The summed E-state index contributed by atoms with van der Waals surface area (Å²) in [7, 11) is -4.10. The van der Waals surface area contributed by atoms with Crippen LogP contribution in [0, 0.1) is 0 Å². The second kappa shape index (κ2) is 5.22. The Morgan fingerprint density at radius 1 is 1.37 bits per heavy atom. The van der Waals surface area contributed by atoms with Crippen LogP contribution in [0.15, 0.2) is 12.7 Å². The first-order chi connectivity index (χ1) is 8.87. The molecule has 0 aliphatic heterocycles. The minimum absolute atomic E-state index is 0.00941. The van der Waals surface area contributed by atoms with Gasteiger partial charge in [0.1, 0.15) is 11.8 Å². The maximum Gasteiger partial charge on any atom is 0.325 e. The molecule has 2 aromatic heterocycles. The minimum atomic E-state index is -4.10. The molecule has 10 heteroatoms. The van der Waals surface area contributed by atoms with E-state index in [4.69, 9.17) is 15.5 Å². The summed E-state index contributed by atoms with van der Waals surface area (Å²) in [6, 6.07) is 0. The lowest BCUT2D eigenvalue weighted by atomic mass is 10.3. The second-order valence-corrected chi connectivity index (χ2v) is 5.94. The van der Waals surface area contributed by atoms with Gasteiger partial charge in [-0.05, 0) is 6.42 Å². The van der Waals surface area contributed by atoms with Crippen LogP contribution in [0.5, 0.6) is 0 Å². The molecule has 2 heterocycles. The standard InChI is InChI=1S/C9H14N5O4P/c10-8-7-9(12-4-11-8)14(5-13-7)3-6(15)1-2-19(16,17)18/h4-6,15H,1-3H2,(H2,10,11,12)(H2,16,17,18)/t6-/m1/s1. The zero-order valence-electron chi connectivity index (χ0n) is 9.92. The highest BCUT2D eigenvalue weighted by Crippen LogP contribution is 2.35. The number of nitrogens with two attached hydrogens (primary N) is 1. The quantitative estimate of drug-likeness (QED) is 0.529. The minimum Gasteiger partial charge on any atom is -0.391 e. The highest BCUT2D eigenvalue weighted by molar-refractivity contribution is 7.51. The van der Waals surface area contributed by atoms with Crippen LogP contribution >= 0.6 is 7.60 Å². The van der Waals surface area contributed by atoms with Crippen LogP contribution in [-0.2, 0) is 11.1 Å². The molecule has 2 aromatic rings. The highest BCUT2D eigenvalue weighted by Gasteiger charge is 2.17. The SMILES string of the molecule is Nc1ncnc2c1ncn2C[C@H](O)CCP(=O)(O)O. The molecule has 2 rings (SSSR count). The van der Waals surface area contributed by atoms with Gasteiger partial charge in [0, 0.05) is 0 Å². The first kappa shape index (κ1) is 13.9. The van der Waals surface area contributed by atoms with Gasteiger partial charge < -0.3 is 25.2 Å². The van der Waals surface area contributed by atoms with Crippen molar-refractivity contribution in [3.63, 3.8) is 0 Å². The molecule has 104 valence electrons. The Balaban J connectivity index is 2.09. The fourth-order valence-electron chi connectivity index (χ4n) is 1.67. The molecule has 0 fully saturated rings. The molecule has 0 unspecified atom stereocenters. The number of nitrogens with zero attached hydrogens (tertiary/aromatic N) is 4. The number of nitrogen functional groups attached to an aromatic ring is 1. The fraction of sp³-hybridized carbons (Fsp3) is 0.444. The molecule has 19 heavy (non-hydrogen) atoms. The summed E-state index contributed by atoms with van der Waals surface area (Å²) in [4.78, 5) is 29.3. The lowest BCUT2D eigenvalue weighted by molar-refractivity contribution is 0.149. The van der Waals surface area contributed by atoms with Gasteiger partial charge >= 0.3 is 7.60 Å². The highest BCUT2D eigenvalue weighted by atomic mass is 31.2. The van der Waals surface area contributed by atoms with Gasteiger partial charge in [0.15, 0.2) is 11.5 Å². The number of aliphatic hydroxyl groups excluding tert-OH is 1. The van der Waals surface area contributed by atoms with E-state index in [0.717, 1.165) is 0 Å². The molecule has 0 saturated carbocycles. The topological polar surface area (TPSA) is 147 Å². The lowest BCUT2D eigenvalue weighted by Crippen LogP contribution is -2.17. The van der Waals surface area contributed by atoms with E-state index in [1.54, 1.807) is 4.57 Å². The molecule has 0 radical (unpaired) electrons. The van der Waals surface area contributed by atoms with Crippen molar-refractivity contribution in [2.75, 3.05) is 11.9 Å². The number of anilines is 1. The molecule has 0 aromatic carbocycles. The van der Waals surface area contributed by atoms with Crippen LogP contribution in [0.4, 0.5) is 5.82 Å². The van der Waals surface area contributed by atoms with Gasteiger partial charge in [-0.2, -0.15) is 0 Å². The Morgan fingerprint density at radius 3 is 2.79 bits per heavy atom. The predicted molar refractivity (Wildman–Crippen MR) is 67.3 cm³/mol. The van der Waals surface area contributed by atoms with Gasteiger partial charge in [-0.1, -0.05) is 0 Å². The average molecular weight is 287 g/mol. The third kappa shape index (κ3) is 3.48. The molecule has 0 bridgehead atoms. The molecule has 1 atom stereocenters. The Morgan fingerprint density at radius 2 is 2.11 bits per heavy atom. The zero-order chi connectivity index (χ0) is 14.0. The van der Waals surface area contributed by atoms with Crippen molar-refractivity contribution in [3.05, 3.63) is 12.7 Å². The van der Waals surface area contributed by atoms with E-state index in [-0.39, 0.29) is 24.9 Å². The van der Waals surface area contributed by atoms with Crippen LogP contribution in [0.25, 0.3) is 11.2 Å². The van der Waals surface area contributed by atoms with E-state index in [2.05, 4.69) is 15.0 Å². The van der Waals surface area contributed by atoms with E-state index < -0.39 is 13.7 Å². The van der Waals surface area contributed by atoms with Crippen LogP contribution in [0.3, 0.4) is 0 Å². The van der Waals surface area contributed by atoms with E-state index in [9.17, 15) is 9.67 Å². The Labute approximate surface area is 108 Å². The molecule has 0 saturated heterocycles. The number of imidazole rings is 1. The molecule has 9 nitrogen and oxygen atoms in total. The summed E-state index contributed by atoms with van der Waals surface area (Å²) in [6.45, 7) is 0.132. The van der Waals surface area contributed by atoms with E-state index in [0.29, 0.717) is 11.2 Å². The third-order valence-corrected chi connectivity index (χ3v) is 3.43. The Hall–Kier alpha value is -1.54. The van der Waals surface area contributed by atoms with Crippen molar-refractivity contribution in [2.45, 2.75) is 19.1 Å². The van der Waals surface area contributed by atoms with E-state index in [1.165, 1.54) is 12.7 Å². The van der Waals surface area contributed by atoms with Gasteiger partial charge in [-0.3, -0.25) is 4.57 Å². The van der Waals surface area contributed by atoms with Gasteiger partial charge in [-0.15, -0.1) is 0 Å². The van der Waals surface area contributed by atoms with Crippen molar-refractivity contribution in [1.29, 1.82) is 0 Å². The van der Waals surface area contributed by atoms with Gasteiger partial charge in [-0.25, -0.2) is 15.0 Å². The van der Waals surface area contributed by atoms with Crippen molar-refractivity contribution < 1.29 is 19.5 Å². The van der Waals surface area contributed by atoms with Crippen LogP contribution in [0.2, 0.25) is 0 Å². The van der Waals surface area contributed by atoms with Crippen LogP contribution in [-0.4, -0.2) is 46.7 Å². The van der Waals surface area contributed by atoms with Gasteiger partial charge in [0.05, 0.1) is 25.1 Å². The number of hydrogen-bond acceptors (Lipinski definition) is 6. The van der Waals surface area contributed by atoms with Crippen molar-refractivity contribution in [1.82, 2.24) is 19.5 Å². The van der Waals surface area contributed by atoms with E-state index in [1.807, 2.05) is 0 Å². The summed E-state index contributed by atoms with van der Waals surface area (Å²) in [5.74, 6) is 0.244. The molecule has 0 spiro atoms. The summed E-state index contributed by atoms with van der Waals surface area (Å²) >= 11 is 0. The maximum absolute atomic E-state index is 10.7. The number of aromatic nitrogens is 4. The third-order valence-electron chi connectivity index (χ3n) is 2.59. The van der Waals surface area contributed by atoms with Crippen LogP contribution in [0.1, 0.15) is 6.42 Å². The first-order valence-corrected chi connectivity index (χ1v) is 7.30. The number of aliphatic hydroxyl groups is 1. The molecule has 0 aliphatic rings. The summed E-state index contributed by atoms with van der Waals surface area (Å²) in [5, 5.41) is 9.75. The Kier molecular flexibility index (Phi) is 3.81. The fourth-order valence-corrected chi connectivity index (χ4v) is 2.30. The van der Waals surface area contributed by atoms with Crippen molar-refractivity contribution >= 4 is 24.6 Å². The lowest BCUT2D eigenvalue weighted by Gasteiger charge is -2.12. The molecular formula is C9H14N5O4P. The predicted octanol–water partition coefficient (Wildman–Crippen LogP) is -0.663.